The molecule has 0 fully saturated rings. The molecule has 1 heterocycles. The minimum atomic E-state index is 0.904. The minimum Gasteiger partial charge on any atom is -0.496 e. The van der Waals surface area contributed by atoms with Crippen molar-refractivity contribution in [2.24, 2.45) is 7.05 Å². The fourth-order valence-electron chi connectivity index (χ4n) is 1.99. The van der Waals surface area contributed by atoms with Crippen molar-refractivity contribution in [1.82, 2.24) is 9.55 Å². The highest BCUT2D eigenvalue weighted by Crippen LogP contribution is 2.23. The number of methoxy groups -OCH3 is 1. The van der Waals surface area contributed by atoms with Gasteiger partial charge in [0.2, 0.25) is 0 Å². The summed E-state index contributed by atoms with van der Waals surface area (Å²) < 4.78 is 8.41. The summed E-state index contributed by atoms with van der Waals surface area (Å²) >= 11 is 3.54. The molecule has 96 valence electrons. The lowest BCUT2D eigenvalue weighted by Crippen LogP contribution is -1.97. The average Bonchev–Trinajstić information content (AvgIpc) is 2.68. The topological polar surface area (TPSA) is 27.1 Å². The molecule has 1 aromatic heterocycles. The standard InChI is InChI=1S/C14H17BrN2O/c1-10-4-7-13(18-3)11(8-10)5-6-12-14(15)17(2)9-16-12/h4,7-9H,5-6H2,1-3H3. The van der Waals surface area contributed by atoms with Crippen LogP contribution in [-0.4, -0.2) is 16.7 Å². The van der Waals surface area contributed by atoms with Gasteiger partial charge in [-0.05, 0) is 47.3 Å². The van der Waals surface area contributed by atoms with Crippen molar-refractivity contribution in [3.63, 3.8) is 0 Å². The van der Waals surface area contributed by atoms with Crippen LogP contribution < -0.4 is 4.74 Å². The van der Waals surface area contributed by atoms with E-state index in [1.165, 1.54) is 11.1 Å². The molecule has 0 saturated heterocycles. The van der Waals surface area contributed by atoms with E-state index in [1.807, 2.05) is 24.0 Å². The molecule has 0 bridgehead atoms. The Labute approximate surface area is 116 Å². The quantitative estimate of drug-likeness (QED) is 0.866. The molecular formula is C14H17BrN2O. The van der Waals surface area contributed by atoms with Crippen molar-refractivity contribution in [1.29, 1.82) is 0 Å². The van der Waals surface area contributed by atoms with Gasteiger partial charge < -0.3 is 9.30 Å². The molecule has 0 amide bonds. The third-order valence-electron chi connectivity index (χ3n) is 3.00. The number of hydrogen-bond acceptors (Lipinski definition) is 2. The van der Waals surface area contributed by atoms with Crippen molar-refractivity contribution < 1.29 is 4.74 Å². The molecule has 0 atom stereocenters. The zero-order valence-electron chi connectivity index (χ0n) is 10.9. The maximum absolute atomic E-state index is 5.39. The van der Waals surface area contributed by atoms with Crippen LogP contribution in [0.2, 0.25) is 0 Å². The molecule has 0 aliphatic rings. The third kappa shape index (κ3) is 2.75. The second-order valence-electron chi connectivity index (χ2n) is 4.41. The van der Waals surface area contributed by atoms with E-state index in [1.54, 1.807) is 7.11 Å². The lowest BCUT2D eigenvalue weighted by atomic mass is 10.0. The molecule has 0 aliphatic heterocycles. The maximum atomic E-state index is 5.39. The fourth-order valence-corrected chi connectivity index (χ4v) is 2.38. The van der Waals surface area contributed by atoms with Gasteiger partial charge in [-0.1, -0.05) is 17.7 Å². The van der Waals surface area contributed by atoms with Crippen LogP contribution in [0.25, 0.3) is 0 Å². The molecular weight excluding hydrogens is 292 g/mol. The number of hydrogen-bond donors (Lipinski definition) is 0. The van der Waals surface area contributed by atoms with E-state index in [-0.39, 0.29) is 0 Å². The van der Waals surface area contributed by atoms with Gasteiger partial charge in [0.15, 0.2) is 0 Å². The van der Waals surface area contributed by atoms with Gasteiger partial charge in [-0.2, -0.15) is 0 Å². The van der Waals surface area contributed by atoms with E-state index in [0.29, 0.717) is 0 Å². The van der Waals surface area contributed by atoms with Gasteiger partial charge >= 0.3 is 0 Å². The zero-order valence-corrected chi connectivity index (χ0v) is 12.5. The molecule has 3 nitrogen and oxygen atoms in total. The molecule has 18 heavy (non-hydrogen) atoms. The third-order valence-corrected chi connectivity index (χ3v) is 4.02. The largest absolute Gasteiger partial charge is 0.496 e. The number of nitrogens with zero attached hydrogens (tertiary/aromatic N) is 2. The van der Waals surface area contributed by atoms with Crippen LogP contribution in [0.3, 0.4) is 0 Å². The number of ether oxygens (including phenoxy) is 1. The Kier molecular flexibility index (Phi) is 4.07. The Morgan fingerprint density at radius 1 is 1.33 bits per heavy atom. The Morgan fingerprint density at radius 3 is 2.72 bits per heavy atom. The average molecular weight is 309 g/mol. The van der Waals surface area contributed by atoms with Gasteiger partial charge in [0.25, 0.3) is 0 Å². The van der Waals surface area contributed by atoms with Gasteiger partial charge in [0.05, 0.1) is 19.1 Å². The Hall–Kier alpha value is -1.29. The number of aryl methyl sites for hydroxylation is 4. The molecule has 0 saturated carbocycles. The molecule has 4 heteroatoms. The van der Waals surface area contributed by atoms with E-state index >= 15 is 0 Å². The molecule has 0 aliphatic carbocycles. The summed E-state index contributed by atoms with van der Waals surface area (Å²) in [5.41, 5.74) is 3.57. The fraction of sp³-hybridized carbons (Fsp3) is 0.357. The minimum absolute atomic E-state index is 0.904. The first-order valence-corrected chi connectivity index (χ1v) is 6.70. The Balaban J connectivity index is 2.15. The highest BCUT2D eigenvalue weighted by Gasteiger charge is 2.08. The number of rotatable bonds is 4. The van der Waals surface area contributed by atoms with Crippen molar-refractivity contribution in [2.75, 3.05) is 7.11 Å². The molecule has 0 spiro atoms. The Bertz CT molecular complexity index is 549. The molecule has 2 rings (SSSR count). The second kappa shape index (κ2) is 5.57. The summed E-state index contributed by atoms with van der Waals surface area (Å²) in [6.07, 6.45) is 3.66. The molecule has 0 radical (unpaired) electrons. The van der Waals surface area contributed by atoms with Crippen LogP contribution in [0.4, 0.5) is 0 Å². The van der Waals surface area contributed by atoms with E-state index in [2.05, 4.69) is 40.0 Å². The highest BCUT2D eigenvalue weighted by molar-refractivity contribution is 9.10. The van der Waals surface area contributed by atoms with Gasteiger partial charge in [0, 0.05) is 7.05 Å². The predicted octanol–water partition coefficient (Wildman–Crippen LogP) is 3.28. The first-order chi connectivity index (χ1) is 8.61. The van der Waals surface area contributed by atoms with E-state index < -0.39 is 0 Å². The van der Waals surface area contributed by atoms with Crippen molar-refractivity contribution in [2.45, 2.75) is 19.8 Å². The normalized spacial score (nSPS) is 10.7. The zero-order chi connectivity index (χ0) is 13.1. The van der Waals surface area contributed by atoms with Gasteiger partial charge in [-0.15, -0.1) is 0 Å². The summed E-state index contributed by atoms with van der Waals surface area (Å²) in [5.74, 6) is 0.952. The number of aromatic nitrogens is 2. The van der Waals surface area contributed by atoms with Crippen molar-refractivity contribution in [3.05, 3.63) is 46.0 Å². The second-order valence-corrected chi connectivity index (χ2v) is 5.16. The van der Waals surface area contributed by atoms with Crippen LogP contribution in [0.15, 0.2) is 29.1 Å². The van der Waals surface area contributed by atoms with Gasteiger partial charge in [0.1, 0.15) is 10.4 Å². The van der Waals surface area contributed by atoms with Gasteiger partial charge in [-0.25, -0.2) is 4.98 Å². The summed E-state index contributed by atoms with van der Waals surface area (Å²) in [6.45, 7) is 2.10. The monoisotopic (exact) mass is 308 g/mol. The van der Waals surface area contributed by atoms with Crippen LogP contribution in [0.1, 0.15) is 16.8 Å². The summed E-state index contributed by atoms with van der Waals surface area (Å²) in [4.78, 5) is 4.38. The SMILES string of the molecule is COc1ccc(C)cc1CCc1ncn(C)c1Br. The summed E-state index contributed by atoms with van der Waals surface area (Å²) in [6, 6.07) is 6.27. The Morgan fingerprint density at radius 2 is 2.11 bits per heavy atom. The smallest absolute Gasteiger partial charge is 0.122 e. The van der Waals surface area contributed by atoms with Crippen LogP contribution >= 0.6 is 15.9 Å². The lowest BCUT2D eigenvalue weighted by molar-refractivity contribution is 0.409. The van der Waals surface area contributed by atoms with E-state index in [4.69, 9.17) is 4.74 Å². The molecule has 1 aromatic carbocycles. The first kappa shape index (κ1) is 13.1. The molecule has 0 N–H and O–H groups in total. The number of halogens is 1. The van der Waals surface area contributed by atoms with Crippen molar-refractivity contribution >= 4 is 15.9 Å². The van der Waals surface area contributed by atoms with Crippen molar-refractivity contribution in [3.8, 4) is 5.75 Å². The molecule has 0 unspecified atom stereocenters. The summed E-state index contributed by atoms with van der Waals surface area (Å²) in [7, 11) is 3.69. The van der Waals surface area contributed by atoms with Crippen LogP contribution in [-0.2, 0) is 19.9 Å². The summed E-state index contributed by atoms with van der Waals surface area (Å²) in [5, 5.41) is 0. The van der Waals surface area contributed by atoms with E-state index in [9.17, 15) is 0 Å². The molecule has 2 aromatic rings. The van der Waals surface area contributed by atoms with Crippen LogP contribution in [0.5, 0.6) is 5.75 Å². The van der Waals surface area contributed by atoms with E-state index in [0.717, 1.165) is 28.9 Å². The lowest BCUT2D eigenvalue weighted by Gasteiger charge is -2.09. The number of imidazole rings is 1. The maximum Gasteiger partial charge on any atom is 0.122 e. The number of benzene rings is 1. The van der Waals surface area contributed by atoms with Crippen LogP contribution in [0, 0.1) is 6.92 Å². The van der Waals surface area contributed by atoms with Gasteiger partial charge in [-0.3, -0.25) is 0 Å². The predicted molar refractivity (Wildman–Crippen MR) is 76.0 cm³/mol. The first-order valence-electron chi connectivity index (χ1n) is 5.91. The highest BCUT2D eigenvalue weighted by atomic mass is 79.9.